The molecule has 0 fully saturated rings. The first kappa shape index (κ1) is 21.6. The van der Waals surface area contributed by atoms with Gasteiger partial charge in [-0.1, -0.05) is 32.9 Å². The van der Waals surface area contributed by atoms with Crippen LogP contribution in [0.5, 0.6) is 5.75 Å². The van der Waals surface area contributed by atoms with Gasteiger partial charge in [0.05, 0.1) is 6.07 Å². The first-order valence-corrected chi connectivity index (χ1v) is 9.78. The summed E-state index contributed by atoms with van der Waals surface area (Å²) in [6, 6.07) is 9.41. The van der Waals surface area contributed by atoms with Gasteiger partial charge in [0.15, 0.2) is 24.4 Å². The number of carbonyl (C=O) groups is 2. The van der Waals surface area contributed by atoms with E-state index >= 15 is 0 Å². The molecule has 0 unspecified atom stereocenters. The average Bonchev–Trinajstić information content (AvgIpc) is 3.06. The summed E-state index contributed by atoms with van der Waals surface area (Å²) in [5, 5.41) is 11.4. The first-order chi connectivity index (χ1) is 13.1. The summed E-state index contributed by atoms with van der Waals surface area (Å²) in [6.07, 6.45) is -0.879. The molecule has 0 radical (unpaired) electrons. The molecule has 0 spiro atoms. The van der Waals surface area contributed by atoms with Crippen molar-refractivity contribution >= 4 is 23.1 Å². The Bertz CT molecular complexity index is 875. The maximum atomic E-state index is 12.2. The van der Waals surface area contributed by atoms with Gasteiger partial charge in [-0.25, -0.2) is 9.78 Å². The van der Waals surface area contributed by atoms with Crippen molar-refractivity contribution in [1.82, 2.24) is 4.98 Å². The SMILES string of the molecule is Cc1csc([C@H](C#N)C(=O)COC(=O)[C@@H](C)Oc2ccc(C(C)(C)C)cc2)n1. The second-order valence-electron chi connectivity index (χ2n) is 7.50. The number of nitrogens with zero attached hydrogens (tertiary/aromatic N) is 2. The molecule has 0 aliphatic heterocycles. The molecule has 0 bridgehead atoms. The normalized spacial score (nSPS) is 13.3. The maximum absolute atomic E-state index is 12.2. The van der Waals surface area contributed by atoms with Crippen LogP contribution in [0.1, 0.15) is 49.9 Å². The second-order valence-corrected chi connectivity index (χ2v) is 8.39. The highest BCUT2D eigenvalue weighted by atomic mass is 32.1. The molecule has 148 valence electrons. The minimum Gasteiger partial charge on any atom is -0.479 e. The van der Waals surface area contributed by atoms with Crippen molar-refractivity contribution < 1.29 is 19.1 Å². The van der Waals surface area contributed by atoms with E-state index in [9.17, 15) is 14.9 Å². The molecule has 2 atom stereocenters. The van der Waals surface area contributed by atoms with E-state index in [0.717, 1.165) is 11.3 Å². The molecular formula is C21H24N2O4S. The Labute approximate surface area is 169 Å². The molecule has 1 aromatic carbocycles. The van der Waals surface area contributed by atoms with Crippen molar-refractivity contribution in [3.63, 3.8) is 0 Å². The predicted octanol–water partition coefficient (Wildman–Crippen LogP) is 3.94. The Morgan fingerprint density at radius 2 is 1.89 bits per heavy atom. The van der Waals surface area contributed by atoms with E-state index in [2.05, 4.69) is 25.8 Å². The summed E-state index contributed by atoms with van der Waals surface area (Å²) in [7, 11) is 0. The van der Waals surface area contributed by atoms with Crippen LogP contribution in [0.4, 0.5) is 0 Å². The zero-order valence-electron chi connectivity index (χ0n) is 16.7. The summed E-state index contributed by atoms with van der Waals surface area (Å²) in [5.74, 6) is -1.67. The zero-order valence-corrected chi connectivity index (χ0v) is 17.5. The number of Topliss-reactive ketones (excluding diaryl/α,β-unsaturated/α-hetero) is 1. The number of nitriles is 1. The summed E-state index contributed by atoms with van der Waals surface area (Å²) in [5.41, 5.74) is 1.92. The van der Waals surface area contributed by atoms with Crippen LogP contribution in [0.25, 0.3) is 0 Å². The number of carbonyl (C=O) groups excluding carboxylic acids is 2. The number of thiazole rings is 1. The van der Waals surface area contributed by atoms with Crippen molar-refractivity contribution in [1.29, 1.82) is 5.26 Å². The van der Waals surface area contributed by atoms with Gasteiger partial charge in [-0.3, -0.25) is 4.79 Å². The van der Waals surface area contributed by atoms with Crippen LogP contribution in [0, 0.1) is 18.3 Å². The average molecular weight is 401 g/mol. The fourth-order valence-electron chi connectivity index (χ4n) is 2.40. The molecule has 0 saturated heterocycles. The Hall–Kier alpha value is -2.72. The monoisotopic (exact) mass is 400 g/mol. The number of hydrogen-bond acceptors (Lipinski definition) is 7. The lowest BCUT2D eigenvalue weighted by atomic mass is 9.87. The molecule has 0 saturated carbocycles. The summed E-state index contributed by atoms with van der Waals surface area (Å²) >= 11 is 1.24. The van der Waals surface area contributed by atoms with Gasteiger partial charge in [-0.2, -0.15) is 5.26 Å². The highest BCUT2D eigenvalue weighted by molar-refractivity contribution is 7.09. The maximum Gasteiger partial charge on any atom is 0.347 e. The molecule has 2 aromatic rings. The van der Waals surface area contributed by atoms with Crippen LogP contribution in [0.2, 0.25) is 0 Å². The van der Waals surface area contributed by atoms with Gasteiger partial charge < -0.3 is 9.47 Å². The molecule has 28 heavy (non-hydrogen) atoms. The van der Waals surface area contributed by atoms with Gasteiger partial charge in [0.1, 0.15) is 10.8 Å². The number of rotatable bonds is 7. The Morgan fingerprint density at radius 3 is 2.39 bits per heavy atom. The first-order valence-electron chi connectivity index (χ1n) is 8.90. The van der Waals surface area contributed by atoms with E-state index in [1.165, 1.54) is 11.3 Å². The molecule has 0 aliphatic rings. The Balaban J connectivity index is 1.90. The second kappa shape index (κ2) is 8.98. The third-order valence-corrected chi connectivity index (χ3v) is 5.08. The minimum atomic E-state index is -1.03. The number of hydrogen-bond donors (Lipinski definition) is 0. The summed E-state index contributed by atoms with van der Waals surface area (Å²) in [6.45, 7) is 9.18. The highest BCUT2D eigenvalue weighted by Gasteiger charge is 2.26. The number of benzene rings is 1. The van der Waals surface area contributed by atoms with Crippen molar-refractivity contribution in [2.45, 2.75) is 52.1 Å². The molecule has 6 nitrogen and oxygen atoms in total. The number of aryl methyl sites for hydroxylation is 1. The Morgan fingerprint density at radius 1 is 1.25 bits per heavy atom. The fourth-order valence-corrected chi connectivity index (χ4v) is 3.26. The lowest BCUT2D eigenvalue weighted by Gasteiger charge is -2.20. The molecular weight excluding hydrogens is 376 g/mol. The van der Waals surface area contributed by atoms with Crippen LogP contribution in [0.15, 0.2) is 29.6 Å². The summed E-state index contributed by atoms with van der Waals surface area (Å²) < 4.78 is 10.6. The lowest BCUT2D eigenvalue weighted by molar-refractivity contribution is -0.154. The van der Waals surface area contributed by atoms with Gasteiger partial charge in [0.2, 0.25) is 0 Å². The van der Waals surface area contributed by atoms with Crippen molar-refractivity contribution in [2.24, 2.45) is 0 Å². The third kappa shape index (κ3) is 5.64. The topological polar surface area (TPSA) is 89.3 Å². The van der Waals surface area contributed by atoms with Gasteiger partial charge >= 0.3 is 5.97 Å². The smallest absolute Gasteiger partial charge is 0.347 e. The molecule has 7 heteroatoms. The van der Waals surface area contributed by atoms with E-state index in [1.54, 1.807) is 31.4 Å². The van der Waals surface area contributed by atoms with E-state index in [0.29, 0.717) is 10.8 Å². The number of esters is 1. The van der Waals surface area contributed by atoms with E-state index in [4.69, 9.17) is 9.47 Å². The van der Waals surface area contributed by atoms with Gasteiger partial charge in [-0.05, 0) is 37.0 Å². The predicted molar refractivity (Wildman–Crippen MR) is 106 cm³/mol. The van der Waals surface area contributed by atoms with Crippen LogP contribution in [-0.4, -0.2) is 29.4 Å². The van der Waals surface area contributed by atoms with Crippen molar-refractivity contribution in [3.05, 3.63) is 45.9 Å². The van der Waals surface area contributed by atoms with Crippen LogP contribution < -0.4 is 4.74 Å². The molecule has 0 aliphatic carbocycles. The van der Waals surface area contributed by atoms with Crippen molar-refractivity contribution in [3.8, 4) is 11.8 Å². The molecule has 1 aromatic heterocycles. The van der Waals surface area contributed by atoms with Crippen LogP contribution >= 0.6 is 11.3 Å². The van der Waals surface area contributed by atoms with Crippen molar-refractivity contribution in [2.75, 3.05) is 6.61 Å². The van der Waals surface area contributed by atoms with Crippen LogP contribution in [0.3, 0.4) is 0 Å². The number of aromatic nitrogens is 1. The molecule has 2 rings (SSSR count). The number of ether oxygens (including phenoxy) is 2. The number of ketones is 1. The molecule has 0 N–H and O–H groups in total. The Kier molecular flexibility index (Phi) is 6.92. The fraction of sp³-hybridized carbons (Fsp3) is 0.429. The largest absolute Gasteiger partial charge is 0.479 e. The van der Waals surface area contributed by atoms with Crippen LogP contribution in [-0.2, 0) is 19.7 Å². The van der Waals surface area contributed by atoms with Gasteiger partial charge in [0, 0.05) is 11.1 Å². The zero-order chi connectivity index (χ0) is 20.9. The standard InChI is InChI=1S/C21H24N2O4S/c1-13-12-28-19(23-13)17(10-22)18(24)11-26-20(25)14(2)27-16-8-6-15(7-9-16)21(3,4)5/h6-9,12,14,17H,11H2,1-5H3/t14-,17-/m1/s1. The molecule has 1 heterocycles. The van der Waals surface area contributed by atoms with Gasteiger partial charge in [-0.15, -0.1) is 11.3 Å². The van der Waals surface area contributed by atoms with E-state index in [1.807, 2.05) is 18.2 Å². The van der Waals surface area contributed by atoms with E-state index in [-0.39, 0.29) is 5.41 Å². The molecule has 0 amide bonds. The van der Waals surface area contributed by atoms with E-state index < -0.39 is 30.4 Å². The quantitative estimate of drug-likeness (QED) is 0.654. The lowest BCUT2D eigenvalue weighted by Crippen LogP contribution is -2.29. The van der Waals surface area contributed by atoms with Gasteiger partial charge in [0.25, 0.3) is 0 Å². The highest BCUT2D eigenvalue weighted by Crippen LogP contribution is 2.25. The summed E-state index contributed by atoms with van der Waals surface area (Å²) in [4.78, 5) is 28.5. The minimum absolute atomic E-state index is 0.0245. The third-order valence-electron chi connectivity index (χ3n) is 4.06.